The Balaban J connectivity index is 1.70. The zero-order valence-electron chi connectivity index (χ0n) is 12.8. The molecule has 3 N–H and O–H groups in total. The molecule has 0 aliphatic carbocycles. The van der Waals surface area contributed by atoms with Crippen molar-refractivity contribution in [3.63, 3.8) is 0 Å². The molecule has 1 fully saturated rings. The van der Waals surface area contributed by atoms with Crippen molar-refractivity contribution in [2.24, 2.45) is 4.99 Å². The average molecular weight is 327 g/mol. The maximum atomic E-state index is 6.14. The number of para-hydroxylation sites is 1. The Kier molecular flexibility index (Phi) is 3.93. The van der Waals surface area contributed by atoms with Crippen LogP contribution in [0.15, 0.2) is 47.5 Å². The zero-order valence-corrected chi connectivity index (χ0v) is 13.5. The Morgan fingerprint density at radius 2 is 2.09 bits per heavy atom. The van der Waals surface area contributed by atoms with E-state index in [0.717, 1.165) is 41.6 Å². The largest absolute Gasteiger partial charge is 0.368 e. The minimum absolute atomic E-state index is 0.514. The van der Waals surface area contributed by atoms with E-state index in [1.165, 1.54) is 12.8 Å². The van der Waals surface area contributed by atoms with Gasteiger partial charge in [-0.25, -0.2) is 4.99 Å². The molecule has 0 unspecified atom stereocenters. The van der Waals surface area contributed by atoms with E-state index in [4.69, 9.17) is 16.6 Å². The van der Waals surface area contributed by atoms with Crippen LogP contribution < -0.4 is 16.0 Å². The molecule has 0 saturated carbocycles. The lowest BCUT2D eigenvalue weighted by Gasteiger charge is -2.15. The minimum atomic E-state index is 0.514. The Hall–Kier alpha value is -2.04. The molecular weight excluding hydrogens is 308 g/mol. The maximum Gasteiger partial charge on any atom is 0.136 e. The molecule has 2 aliphatic rings. The lowest BCUT2D eigenvalue weighted by Crippen LogP contribution is -2.37. The summed E-state index contributed by atoms with van der Waals surface area (Å²) >= 11 is 6.14. The van der Waals surface area contributed by atoms with E-state index in [0.29, 0.717) is 11.1 Å². The molecule has 0 spiro atoms. The van der Waals surface area contributed by atoms with Crippen molar-refractivity contribution in [3.05, 3.63) is 53.1 Å². The Morgan fingerprint density at radius 1 is 1.17 bits per heavy atom. The third kappa shape index (κ3) is 3.05. The number of hydrogen-bond acceptors (Lipinski definition) is 4. The first kappa shape index (κ1) is 14.5. The topological polar surface area (TPSA) is 48.5 Å². The van der Waals surface area contributed by atoms with Crippen LogP contribution in [0.2, 0.25) is 5.02 Å². The van der Waals surface area contributed by atoms with Crippen LogP contribution in [0.5, 0.6) is 0 Å². The van der Waals surface area contributed by atoms with Gasteiger partial charge in [0.05, 0.1) is 11.4 Å². The highest BCUT2D eigenvalue weighted by Crippen LogP contribution is 2.35. The first-order valence-corrected chi connectivity index (χ1v) is 8.39. The third-order valence-electron chi connectivity index (χ3n) is 4.32. The van der Waals surface area contributed by atoms with Crippen LogP contribution in [-0.4, -0.2) is 25.0 Å². The van der Waals surface area contributed by atoms with Gasteiger partial charge >= 0.3 is 0 Å². The molecule has 1 saturated heterocycles. The second-order valence-electron chi connectivity index (χ2n) is 5.97. The van der Waals surface area contributed by atoms with Crippen LogP contribution in [0.1, 0.15) is 18.4 Å². The monoisotopic (exact) mass is 326 g/mol. The van der Waals surface area contributed by atoms with Crippen LogP contribution >= 0.6 is 11.6 Å². The number of benzene rings is 2. The number of fused-ring (bicyclic) bond motifs is 2. The number of rotatable bonds is 2. The second kappa shape index (κ2) is 6.22. The predicted molar refractivity (Wildman–Crippen MR) is 96.4 cm³/mol. The standard InChI is InChI=1S/C18H19ClN4/c19-12-7-8-16-17(10-12)23-18(21-11-13-4-3-9-20-13)14-5-1-2-6-15(14)22-16/h1-2,5-8,10,13,20,22H,3-4,9,11H2,(H,21,23)/t13-/m1/s1. The molecule has 0 radical (unpaired) electrons. The van der Waals surface area contributed by atoms with E-state index >= 15 is 0 Å². The van der Waals surface area contributed by atoms with Crippen molar-refractivity contribution in [1.29, 1.82) is 0 Å². The molecule has 0 amide bonds. The molecule has 1 atom stereocenters. The molecule has 2 aliphatic heterocycles. The third-order valence-corrected chi connectivity index (χ3v) is 4.56. The molecule has 118 valence electrons. The molecule has 4 nitrogen and oxygen atoms in total. The maximum absolute atomic E-state index is 6.14. The van der Waals surface area contributed by atoms with Gasteiger partial charge in [0.25, 0.3) is 0 Å². The highest BCUT2D eigenvalue weighted by Gasteiger charge is 2.19. The smallest absolute Gasteiger partial charge is 0.136 e. The summed E-state index contributed by atoms with van der Waals surface area (Å²) in [5, 5.41) is 11.2. The average Bonchev–Trinajstić information content (AvgIpc) is 3.02. The van der Waals surface area contributed by atoms with E-state index in [-0.39, 0.29) is 0 Å². The molecular formula is C18H19ClN4. The number of nitrogens with one attached hydrogen (secondary N) is 3. The van der Waals surface area contributed by atoms with Crippen molar-refractivity contribution in [2.75, 3.05) is 18.4 Å². The van der Waals surface area contributed by atoms with Gasteiger partial charge in [0, 0.05) is 28.9 Å². The number of aliphatic imine (C=N–C) groups is 1. The summed E-state index contributed by atoms with van der Waals surface area (Å²) in [6.45, 7) is 1.98. The van der Waals surface area contributed by atoms with E-state index in [1.807, 2.05) is 30.3 Å². The number of amidine groups is 1. The van der Waals surface area contributed by atoms with Gasteiger partial charge in [-0.05, 0) is 49.7 Å². The molecule has 23 heavy (non-hydrogen) atoms. The zero-order chi connectivity index (χ0) is 15.6. The van der Waals surface area contributed by atoms with Gasteiger partial charge in [0.1, 0.15) is 5.84 Å². The van der Waals surface area contributed by atoms with Gasteiger partial charge in [0.15, 0.2) is 0 Å². The normalized spacial score (nSPS) is 19.2. The van der Waals surface area contributed by atoms with Gasteiger partial charge < -0.3 is 16.0 Å². The summed E-state index contributed by atoms with van der Waals surface area (Å²) in [5.41, 5.74) is 3.96. The lowest BCUT2D eigenvalue weighted by atomic mass is 10.1. The molecule has 2 aromatic rings. The van der Waals surface area contributed by atoms with Gasteiger partial charge in [-0.15, -0.1) is 0 Å². The van der Waals surface area contributed by atoms with Gasteiger partial charge in [-0.1, -0.05) is 23.7 Å². The highest BCUT2D eigenvalue weighted by molar-refractivity contribution is 6.31. The van der Waals surface area contributed by atoms with E-state index in [2.05, 4.69) is 28.1 Å². The van der Waals surface area contributed by atoms with Crippen molar-refractivity contribution in [1.82, 2.24) is 10.6 Å². The fraction of sp³-hybridized carbons (Fsp3) is 0.278. The van der Waals surface area contributed by atoms with Gasteiger partial charge in [-0.3, -0.25) is 0 Å². The van der Waals surface area contributed by atoms with E-state index in [1.54, 1.807) is 0 Å². The summed E-state index contributed by atoms with van der Waals surface area (Å²) in [6, 6.07) is 14.5. The summed E-state index contributed by atoms with van der Waals surface area (Å²) < 4.78 is 0. The lowest BCUT2D eigenvalue weighted by molar-refractivity contribution is 0.589. The van der Waals surface area contributed by atoms with Crippen molar-refractivity contribution in [3.8, 4) is 0 Å². The fourth-order valence-electron chi connectivity index (χ4n) is 3.11. The summed E-state index contributed by atoms with van der Waals surface area (Å²) in [4.78, 5) is 4.83. The first-order valence-electron chi connectivity index (χ1n) is 8.01. The predicted octanol–water partition coefficient (Wildman–Crippen LogP) is 3.82. The number of anilines is 2. The van der Waals surface area contributed by atoms with Crippen molar-refractivity contribution in [2.45, 2.75) is 18.9 Å². The fourth-order valence-corrected chi connectivity index (χ4v) is 3.28. The first-order chi connectivity index (χ1) is 11.3. The summed E-state index contributed by atoms with van der Waals surface area (Å²) in [6.07, 6.45) is 2.46. The Bertz CT molecular complexity index is 750. The van der Waals surface area contributed by atoms with Crippen molar-refractivity contribution < 1.29 is 0 Å². The number of hydrogen-bond donors (Lipinski definition) is 3. The molecule has 2 aromatic carbocycles. The Labute approximate surface area is 141 Å². The Morgan fingerprint density at radius 3 is 2.96 bits per heavy atom. The summed E-state index contributed by atoms with van der Waals surface area (Å²) in [5.74, 6) is 0.891. The van der Waals surface area contributed by atoms with Crippen LogP contribution in [0, 0.1) is 0 Å². The number of nitrogens with zero attached hydrogens (tertiary/aromatic N) is 1. The van der Waals surface area contributed by atoms with E-state index < -0.39 is 0 Å². The number of halogens is 1. The van der Waals surface area contributed by atoms with Crippen LogP contribution in [-0.2, 0) is 0 Å². The SMILES string of the molecule is Clc1ccc2c(c1)N=C(NC[C@H]1CCCN1)c1ccccc1N2. The molecule has 0 aromatic heterocycles. The molecule has 0 bridgehead atoms. The van der Waals surface area contributed by atoms with Crippen LogP contribution in [0.3, 0.4) is 0 Å². The van der Waals surface area contributed by atoms with Crippen molar-refractivity contribution >= 4 is 34.5 Å². The van der Waals surface area contributed by atoms with Crippen LogP contribution in [0.4, 0.5) is 17.1 Å². The van der Waals surface area contributed by atoms with E-state index in [9.17, 15) is 0 Å². The molecule has 4 rings (SSSR count). The second-order valence-corrected chi connectivity index (χ2v) is 6.40. The molecule has 2 heterocycles. The quantitative estimate of drug-likeness (QED) is 0.786. The van der Waals surface area contributed by atoms with Gasteiger partial charge in [0.2, 0.25) is 0 Å². The minimum Gasteiger partial charge on any atom is -0.368 e. The van der Waals surface area contributed by atoms with Gasteiger partial charge in [-0.2, -0.15) is 0 Å². The van der Waals surface area contributed by atoms with Crippen LogP contribution in [0.25, 0.3) is 0 Å². The summed E-state index contributed by atoms with van der Waals surface area (Å²) in [7, 11) is 0. The molecule has 5 heteroatoms. The highest BCUT2D eigenvalue weighted by atomic mass is 35.5.